The first-order valence-corrected chi connectivity index (χ1v) is 5.73. The van der Waals surface area contributed by atoms with Gasteiger partial charge in [-0.3, -0.25) is 4.79 Å². The first kappa shape index (κ1) is 11.2. The third kappa shape index (κ3) is 2.11. The van der Waals surface area contributed by atoms with Crippen LogP contribution >= 0.6 is 0 Å². The van der Waals surface area contributed by atoms with Gasteiger partial charge in [0.2, 0.25) is 0 Å². The van der Waals surface area contributed by atoms with E-state index < -0.39 is 5.97 Å². The van der Waals surface area contributed by atoms with Crippen LogP contribution in [0.1, 0.15) is 44.2 Å². The molecule has 1 aliphatic carbocycles. The third-order valence-electron chi connectivity index (χ3n) is 3.31. The van der Waals surface area contributed by atoms with Gasteiger partial charge in [0.05, 0.1) is 5.92 Å². The lowest BCUT2D eigenvalue weighted by Gasteiger charge is -2.19. The molecule has 0 saturated heterocycles. The van der Waals surface area contributed by atoms with Gasteiger partial charge in [0.1, 0.15) is 0 Å². The van der Waals surface area contributed by atoms with Gasteiger partial charge >= 0.3 is 5.97 Å². The highest BCUT2D eigenvalue weighted by molar-refractivity contribution is 5.75. The van der Waals surface area contributed by atoms with Crippen molar-refractivity contribution in [2.24, 2.45) is 5.92 Å². The SMILES string of the molecule is CC(C)(C)c1ccc(C2CC2C(=O)O)cc1. The predicted molar refractivity (Wildman–Crippen MR) is 63.6 cm³/mol. The Morgan fingerprint density at radius 1 is 1.25 bits per heavy atom. The molecule has 2 rings (SSSR count). The van der Waals surface area contributed by atoms with Crippen LogP contribution in [0.15, 0.2) is 24.3 Å². The Labute approximate surface area is 96.3 Å². The fourth-order valence-corrected chi connectivity index (χ4v) is 2.07. The third-order valence-corrected chi connectivity index (χ3v) is 3.31. The summed E-state index contributed by atoms with van der Waals surface area (Å²) in [4.78, 5) is 10.8. The molecular weight excluding hydrogens is 200 g/mol. The van der Waals surface area contributed by atoms with Crippen LogP contribution in [-0.2, 0) is 10.2 Å². The molecule has 1 saturated carbocycles. The summed E-state index contributed by atoms with van der Waals surface area (Å²) >= 11 is 0. The fraction of sp³-hybridized carbons (Fsp3) is 0.500. The first-order chi connectivity index (χ1) is 7.39. The van der Waals surface area contributed by atoms with Crippen molar-refractivity contribution in [3.8, 4) is 0 Å². The Bertz CT molecular complexity index is 398. The maximum atomic E-state index is 10.8. The number of hydrogen-bond acceptors (Lipinski definition) is 1. The Morgan fingerprint density at radius 2 is 1.81 bits per heavy atom. The molecule has 1 aromatic rings. The number of aliphatic carboxylic acids is 1. The van der Waals surface area contributed by atoms with Gasteiger partial charge in [0.15, 0.2) is 0 Å². The summed E-state index contributed by atoms with van der Waals surface area (Å²) in [5, 5.41) is 8.87. The van der Waals surface area contributed by atoms with Gasteiger partial charge in [-0.05, 0) is 28.9 Å². The molecule has 2 heteroatoms. The summed E-state index contributed by atoms with van der Waals surface area (Å²) in [5.41, 5.74) is 2.62. The summed E-state index contributed by atoms with van der Waals surface area (Å²) < 4.78 is 0. The maximum absolute atomic E-state index is 10.8. The average Bonchev–Trinajstić information content (AvgIpc) is 2.96. The van der Waals surface area contributed by atoms with Crippen molar-refractivity contribution in [2.45, 2.75) is 38.5 Å². The van der Waals surface area contributed by atoms with Crippen molar-refractivity contribution in [1.29, 1.82) is 0 Å². The molecule has 0 amide bonds. The zero-order chi connectivity index (χ0) is 11.9. The highest BCUT2D eigenvalue weighted by Crippen LogP contribution is 2.47. The molecule has 1 N–H and O–H groups in total. The molecule has 2 atom stereocenters. The zero-order valence-corrected chi connectivity index (χ0v) is 10.0. The molecule has 0 heterocycles. The molecule has 0 spiro atoms. The average molecular weight is 218 g/mol. The normalized spacial score (nSPS) is 24.2. The highest BCUT2D eigenvalue weighted by atomic mass is 16.4. The number of hydrogen-bond donors (Lipinski definition) is 1. The molecule has 1 fully saturated rings. The van der Waals surface area contributed by atoms with E-state index in [1.54, 1.807) is 0 Å². The monoisotopic (exact) mass is 218 g/mol. The van der Waals surface area contributed by atoms with Gasteiger partial charge in [0, 0.05) is 0 Å². The van der Waals surface area contributed by atoms with Gasteiger partial charge in [-0.15, -0.1) is 0 Å². The Balaban J connectivity index is 2.13. The number of benzene rings is 1. The largest absolute Gasteiger partial charge is 0.481 e. The van der Waals surface area contributed by atoms with E-state index in [1.165, 1.54) is 11.1 Å². The van der Waals surface area contributed by atoms with Gasteiger partial charge in [-0.25, -0.2) is 0 Å². The smallest absolute Gasteiger partial charge is 0.307 e. The van der Waals surface area contributed by atoms with E-state index in [9.17, 15) is 4.79 Å². The topological polar surface area (TPSA) is 37.3 Å². The second kappa shape index (κ2) is 3.62. The fourth-order valence-electron chi connectivity index (χ4n) is 2.07. The molecule has 16 heavy (non-hydrogen) atoms. The predicted octanol–water partition coefficient (Wildman–Crippen LogP) is 3.17. The minimum atomic E-state index is -0.662. The molecule has 1 aromatic carbocycles. The van der Waals surface area contributed by atoms with Crippen molar-refractivity contribution < 1.29 is 9.90 Å². The van der Waals surface area contributed by atoms with E-state index >= 15 is 0 Å². The van der Waals surface area contributed by atoms with Gasteiger partial charge in [-0.1, -0.05) is 45.0 Å². The van der Waals surface area contributed by atoms with Crippen molar-refractivity contribution in [1.82, 2.24) is 0 Å². The second-order valence-electron chi connectivity index (χ2n) is 5.66. The standard InChI is InChI=1S/C14H18O2/c1-14(2,3)10-6-4-9(5-7-10)11-8-12(11)13(15)16/h4-7,11-12H,8H2,1-3H3,(H,15,16). The summed E-state index contributed by atoms with van der Waals surface area (Å²) in [5.74, 6) is -0.572. The van der Waals surface area contributed by atoms with E-state index in [4.69, 9.17) is 5.11 Å². The number of rotatable bonds is 2. The second-order valence-corrected chi connectivity index (χ2v) is 5.66. The van der Waals surface area contributed by atoms with Crippen molar-refractivity contribution in [3.63, 3.8) is 0 Å². The Morgan fingerprint density at radius 3 is 2.19 bits per heavy atom. The molecule has 86 valence electrons. The number of carbonyl (C=O) groups is 1. The van der Waals surface area contributed by atoms with Crippen LogP contribution in [-0.4, -0.2) is 11.1 Å². The molecule has 0 aliphatic heterocycles. The van der Waals surface area contributed by atoms with Crippen LogP contribution in [0.4, 0.5) is 0 Å². The Hall–Kier alpha value is -1.31. The molecule has 1 aliphatic rings. The number of carboxylic acid groups (broad SMARTS) is 1. The molecular formula is C14H18O2. The first-order valence-electron chi connectivity index (χ1n) is 5.73. The van der Waals surface area contributed by atoms with E-state index in [2.05, 4.69) is 45.0 Å². The van der Waals surface area contributed by atoms with Crippen LogP contribution < -0.4 is 0 Å². The van der Waals surface area contributed by atoms with Crippen molar-refractivity contribution >= 4 is 5.97 Å². The van der Waals surface area contributed by atoms with Gasteiger partial charge < -0.3 is 5.11 Å². The summed E-state index contributed by atoms with van der Waals surface area (Å²) in [6, 6.07) is 8.39. The lowest BCUT2D eigenvalue weighted by atomic mass is 9.86. The quantitative estimate of drug-likeness (QED) is 0.827. The molecule has 0 aromatic heterocycles. The molecule has 0 radical (unpaired) electrons. The highest BCUT2D eigenvalue weighted by Gasteiger charge is 2.44. The van der Waals surface area contributed by atoms with Crippen LogP contribution in [0.3, 0.4) is 0 Å². The lowest BCUT2D eigenvalue weighted by Crippen LogP contribution is -2.10. The van der Waals surface area contributed by atoms with E-state index in [1.807, 2.05) is 0 Å². The van der Waals surface area contributed by atoms with E-state index in [0.717, 1.165) is 6.42 Å². The minimum absolute atomic E-state index is 0.152. The molecule has 2 nitrogen and oxygen atoms in total. The zero-order valence-electron chi connectivity index (χ0n) is 10.0. The van der Waals surface area contributed by atoms with Gasteiger partial charge in [0.25, 0.3) is 0 Å². The lowest BCUT2D eigenvalue weighted by molar-refractivity contribution is -0.138. The number of carboxylic acids is 1. The van der Waals surface area contributed by atoms with E-state index in [0.29, 0.717) is 0 Å². The van der Waals surface area contributed by atoms with Crippen molar-refractivity contribution in [3.05, 3.63) is 35.4 Å². The summed E-state index contributed by atoms with van der Waals surface area (Å²) in [7, 11) is 0. The van der Waals surface area contributed by atoms with Crippen LogP contribution in [0.5, 0.6) is 0 Å². The molecule has 0 bridgehead atoms. The van der Waals surface area contributed by atoms with Crippen molar-refractivity contribution in [2.75, 3.05) is 0 Å². The van der Waals surface area contributed by atoms with E-state index in [-0.39, 0.29) is 17.3 Å². The van der Waals surface area contributed by atoms with Crippen LogP contribution in [0.25, 0.3) is 0 Å². The summed E-state index contributed by atoms with van der Waals surface area (Å²) in [6.07, 6.45) is 0.796. The summed E-state index contributed by atoms with van der Waals surface area (Å²) in [6.45, 7) is 6.54. The Kier molecular flexibility index (Phi) is 2.53. The molecule has 2 unspecified atom stereocenters. The van der Waals surface area contributed by atoms with Gasteiger partial charge in [-0.2, -0.15) is 0 Å². The minimum Gasteiger partial charge on any atom is -0.481 e. The van der Waals surface area contributed by atoms with Crippen LogP contribution in [0.2, 0.25) is 0 Å². The maximum Gasteiger partial charge on any atom is 0.307 e. The van der Waals surface area contributed by atoms with Crippen LogP contribution in [0, 0.1) is 5.92 Å².